The Bertz CT molecular complexity index is 376. The van der Waals surface area contributed by atoms with Crippen LogP contribution in [0.15, 0.2) is 12.1 Å². The zero-order valence-electron chi connectivity index (χ0n) is 8.01. The van der Waals surface area contributed by atoms with Crippen molar-refractivity contribution in [2.45, 2.75) is 20.8 Å². The van der Waals surface area contributed by atoms with Gasteiger partial charge in [-0.1, -0.05) is 17.7 Å². The number of Topliss-reactive ketones (excluding diaryl/α,β-unsaturated/α-hetero) is 1. The maximum absolute atomic E-state index is 11.2. The van der Waals surface area contributed by atoms with E-state index in [1.165, 1.54) is 0 Å². The Kier molecular flexibility index (Phi) is 2.48. The number of carbonyl (C=O) groups excluding carboxylic acids is 1. The van der Waals surface area contributed by atoms with Crippen LogP contribution in [0.1, 0.15) is 27.0 Å². The lowest BCUT2D eigenvalue weighted by Crippen LogP contribution is -2.02. The molecule has 0 saturated heterocycles. The van der Waals surface area contributed by atoms with Gasteiger partial charge >= 0.3 is 0 Å². The molecule has 0 fully saturated rings. The highest BCUT2D eigenvalue weighted by molar-refractivity contribution is 6.09. The van der Waals surface area contributed by atoms with Crippen molar-refractivity contribution in [2.24, 2.45) is 0 Å². The Hall–Kier alpha value is -1.62. The van der Waals surface area contributed by atoms with Crippen molar-refractivity contribution in [3.8, 4) is 6.07 Å². The van der Waals surface area contributed by atoms with Crippen LogP contribution >= 0.6 is 0 Å². The van der Waals surface area contributed by atoms with Crippen LogP contribution in [0.3, 0.4) is 0 Å². The summed E-state index contributed by atoms with van der Waals surface area (Å²) in [6.45, 7) is 5.68. The molecule has 0 radical (unpaired) electrons. The number of carbonyl (C=O) groups is 1. The second-order valence-electron chi connectivity index (χ2n) is 3.21. The second kappa shape index (κ2) is 3.40. The molecule has 0 heterocycles. The molecule has 0 unspecified atom stereocenters. The lowest BCUT2D eigenvalue weighted by atomic mass is 9.97. The molecule has 66 valence electrons. The highest BCUT2D eigenvalue weighted by Gasteiger charge is 2.11. The van der Waals surface area contributed by atoms with Gasteiger partial charge in [-0.2, -0.15) is 5.26 Å². The fraction of sp³-hybridized carbons (Fsp3) is 0.273. The largest absolute Gasteiger partial charge is 0.277 e. The van der Waals surface area contributed by atoms with E-state index in [0.29, 0.717) is 5.56 Å². The van der Waals surface area contributed by atoms with Crippen molar-refractivity contribution in [2.75, 3.05) is 0 Å². The summed E-state index contributed by atoms with van der Waals surface area (Å²) in [5, 5.41) is 8.51. The number of nitrogens with zero attached hydrogens (tertiary/aromatic N) is 1. The van der Waals surface area contributed by atoms with Crippen molar-refractivity contribution in [1.29, 1.82) is 5.26 Å². The van der Waals surface area contributed by atoms with E-state index < -0.39 is 5.78 Å². The maximum atomic E-state index is 11.2. The molecule has 0 aromatic heterocycles. The lowest BCUT2D eigenvalue weighted by molar-refractivity contribution is 0.105. The zero-order chi connectivity index (χ0) is 10.0. The molecule has 2 nitrogen and oxygen atoms in total. The molecule has 0 amide bonds. The Morgan fingerprint density at radius 3 is 2.08 bits per heavy atom. The average molecular weight is 173 g/mol. The van der Waals surface area contributed by atoms with Crippen LogP contribution < -0.4 is 0 Å². The summed E-state index contributed by atoms with van der Waals surface area (Å²) >= 11 is 0. The van der Waals surface area contributed by atoms with E-state index in [2.05, 4.69) is 0 Å². The molecule has 1 aromatic carbocycles. The van der Waals surface area contributed by atoms with Gasteiger partial charge in [0.25, 0.3) is 5.78 Å². The third kappa shape index (κ3) is 1.75. The number of benzene rings is 1. The highest BCUT2D eigenvalue weighted by Crippen LogP contribution is 2.16. The van der Waals surface area contributed by atoms with E-state index in [0.717, 1.165) is 16.7 Å². The Morgan fingerprint density at radius 1 is 1.23 bits per heavy atom. The van der Waals surface area contributed by atoms with Crippen molar-refractivity contribution in [1.82, 2.24) is 0 Å². The van der Waals surface area contributed by atoms with Gasteiger partial charge in [-0.25, -0.2) is 0 Å². The standard InChI is InChI=1S/C11H11NO/c1-7-4-8(2)11(9(3)5-7)10(13)6-12/h4-5H,1-3H3. The summed E-state index contributed by atoms with van der Waals surface area (Å²) in [4.78, 5) is 11.2. The molecule has 0 atom stereocenters. The summed E-state index contributed by atoms with van der Waals surface area (Å²) in [7, 11) is 0. The first-order valence-electron chi connectivity index (χ1n) is 4.08. The minimum atomic E-state index is -0.449. The van der Waals surface area contributed by atoms with Crippen LogP contribution in [-0.4, -0.2) is 5.78 Å². The van der Waals surface area contributed by atoms with E-state index in [1.54, 1.807) is 6.07 Å². The third-order valence-electron chi connectivity index (χ3n) is 2.01. The first kappa shape index (κ1) is 9.47. The molecule has 0 spiro atoms. The quantitative estimate of drug-likeness (QED) is 0.483. The smallest absolute Gasteiger partial charge is 0.262 e. The number of hydrogen-bond acceptors (Lipinski definition) is 2. The monoisotopic (exact) mass is 173 g/mol. The summed E-state index contributed by atoms with van der Waals surface area (Å²) in [5.74, 6) is -0.449. The van der Waals surface area contributed by atoms with Crippen LogP contribution in [0.5, 0.6) is 0 Å². The number of aryl methyl sites for hydroxylation is 3. The van der Waals surface area contributed by atoms with Gasteiger partial charge < -0.3 is 0 Å². The third-order valence-corrected chi connectivity index (χ3v) is 2.01. The van der Waals surface area contributed by atoms with E-state index in [-0.39, 0.29) is 0 Å². The average Bonchev–Trinajstić information content (AvgIpc) is 2.02. The summed E-state index contributed by atoms with van der Waals surface area (Å²) in [5.41, 5.74) is 3.42. The predicted octanol–water partition coefficient (Wildman–Crippen LogP) is 2.32. The van der Waals surface area contributed by atoms with E-state index in [9.17, 15) is 4.79 Å². The number of ketones is 1. The van der Waals surface area contributed by atoms with Gasteiger partial charge in [0.1, 0.15) is 6.07 Å². The Balaban J connectivity index is 3.39. The van der Waals surface area contributed by atoms with Crippen LogP contribution in [0, 0.1) is 32.1 Å². The van der Waals surface area contributed by atoms with Gasteiger partial charge in [-0.3, -0.25) is 4.79 Å². The predicted molar refractivity (Wildman–Crippen MR) is 50.6 cm³/mol. The fourth-order valence-electron chi connectivity index (χ4n) is 1.59. The molecule has 0 aliphatic heterocycles. The molecule has 1 rings (SSSR count). The van der Waals surface area contributed by atoms with Gasteiger partial charge in [0, 0.05) is 5.56 Å². The summed E-state index contributed by atoms with van der Waals surface area (Å²) in [6, 6.07) is 5.47. The van der Waals surface area contributed by atoms with Crippen molar-refractivity contribution >= 4 is 5.78 Å². The normalized spacial score (nSPS) is 9.38. The first-order valence-corrected chi connectivity index (χ1v) is 4.08. The molecule has 0 bridgehead atoms. The molecular weight excluding hydrogens is 162 g/mol. The van der Waals surface area contributed by atoms with Gasteiger partial charge in [0.05, 0.1) is 0 Å². The molecule has 13 heavy (non-hydrogen) atoms. The fourth-order valence-corrected chi connectivity index (χ4v) is 1.59. The van der Waals surface area contributed by atoms with Gasteiger partial charge in [0.15, 0.2) is 0 Å². The summed E-state index contributed by atoms with van der Waals surface area (Å²) < 4.78 is 0. The van der Waals surface area contributed by atoms with Crippen LogP contribution in [-0.2, 0) is 0 Å². The number of nitriles is 1. The molecule has 0 aliphatic rings. The van der Waals surface area contributed by atoms with Crippen molar-refractivity contribution < 1.29 is 4.79 Å². The van der Waals surface area contributed by atoms with Crippen molar-refractivity contribution in [3.05, 3.63) is 34.4 Å². The lowest BCUT2D eigenvalue weighted by Gasteiger charge is -2.05. The van der Waals surface area contributed by atoms with Crippen LogP contribution in [0.4, 0.5) is 0 Å². The Labute approximate surface area is 77.8 Å². The van der Waals surface area contributed by atoms with Gasteiger partial charge in [0.2, 0.25) is 0 Å². The number of hydrogen-bond donors (Lipinski definition) is 0. The SMILES string of the molecule is Cc1cc(C)c(C(=O)C#N)c(C)c1. The molecular formula is C11H11NO. The molecule has 0 N–H and O–H groups in total. The van der Waals surface area contributed by atoms with Crippen LogP contribution in [0.2, 0.25) is 0 Å². The minimum absolute atomic E-state index is 0.449. The van der Waals surface area contributed by atoms with Gasteiger partial charge in [-0.05, 0) is 31.9 Å². The number of rotatable bonds is 1. The zero-order valence-corrected chi connectivity index (χ0v) is 8.01. The highest BCUT2D eigenvalue weighted by atomic mass is 16.1. The Morgan fingerprint density at radius 2 is 1.69 bits per heavy atom. The minimum Gasteiger partial charge on any atom is -0.277 e. The summed E-state index contributed by atoms with van der Waals surface area (Å²) in [6.07, 6.45) is 0. The van der Waals surface area contributed by atoms with E-state index in [1.807, 2.05) is 32.9 Å². The van der Waals surface area contributed by atoms with E-state index >= 15 is 0 Å². The van der Waals surface area contributed by atoms with E-state index in [4.69, 9.17) is 5.26 Å². The van der Waals surface area contributed by atoms with Crippen molar-refractivity contribution in [3.63, 3.8) is 0 Å². The molecule has 0 saturated carbocycles. The molecule has 1 aromatic rings. The molecule has 2 heteroatoms. The first-order chi connectivity index (χ1) is 6.06. The topological polar surface area (TPSA) is 40.9 Å². The maximum Gasteiger partial charge on any atom is 0.262 e. The molecule has 0 aliphatic carbocycles. The van der Waals surface area contributed by atoms with Gasteiger partial charge in [-0.15, -0.1) is 0 Å². The van der Waals surface area contributed by atoms with Crippen LogP contribution in [0.25, 0.3) is 0 Å². The second-order valence-corrected chi connectivity index (χ2v) is 3.21.